The molecule has 5 nitrogen and oxygen atoms in total. The van der Waals surface area contributed by atoms with Gasteiger partial charge in [0.05, 0.1) is 13.2 Å². The summed E-state index contributed by atoms with van der Waals surface area (Å²) in [4.78, 5) is 17.0. The molecule has 3 aliphatic heterocycles. The fourth-order valence-corrected chi connectivity index (χ4v) is 3.30. The summed E-state index contributed by atoms with van der Waals surface area (Å²) in [5, 5.41) is 3.26. The third-order valence-corrected chi connectivity index (χ3v) is 4.37. The second-order valence-corrected chi connectivity index (χ2v) is 5.55. The maximum atomic E-state index is 12.4. The highest BCUT2D eigenvalue weighted by atomic mass is 35.5. The number of morpholine rings is 1. The van der Waals surface area contributed by atoms with Crippen LogP contribution in [-0.4, -0.2) is 73.7 Å². The molecule has 3 heterocycles. The van der Waals surface area contributed by atoms with E-state index in [2.05, 4.69) is 10.2 Å². The molecule has 3 aliphatic rings. The number of carbonyl (C=O) groups is 1. The van der Waals surface area contributed by atoms with Gasteiger partial charge in [-0.1, -0.05) is 6.42 Å². The van der Waals surface area contributed by atoms with Gasteiger partial charge in [0.15, 0.2) is 0 Å². The van der Waals surface area contributed by atoms with Gasteiger partial charge in [-0.25, -0.2) is 0 Å². The molecule has 118 valence electrons. The Labute approximate surface area is 133 Å². The number of nitrogens with one attached hydrogen (secondary N) is 1. The van der Waals surface area contributed by atoms with Crippen LogP contribution in [0.1, 0.15) is 19.3 Å². The highest BCUT2D eigenvalue weighted by Crippen LogP contribution is 2.21. The van der Waals surface area contributed by atoms with Crippen LogP contribution in [0.5, 0.6) is 0 Å². The van der Waals surface area contributed by atoms with Crippen LogP contribution in [0, 0.1) is 0 Å². The second kappa shape index (κ2) is 8.39. The van der Waals surface area contributed by atoms with Crippen LogP contribution in [0.2, 0.25) is 0 Å². The van der Waals surface area contributed by atoms with Crippen LogP contribution < -0.4 is 5.32 Å². The van der Waals surface area contributed by atoms with Crippen LogP contribution in [-0.2, 0) is 9.53 Å². The molecule has 0 aromatic heterocycles. The van der Waals surface area contributed by atoms with Gasteiger partial charge < -0.3 is 15.0 Å². The van der Waals surface area contributed by atoms with Crippen molar-refractivity contribution >= 4 is 30.7 Å². The summed E-state index contributed by atoms with van der Waals surface area (Å²) in [6, 6.07) is 0.481. The Bertz CT molecular complexity index is 314. The fourth-order valence-electron chi connectivity index (χ4n) is 3.30. The highest BCUT2D eigenvalue weighted by molar-refractivity contribution is 5.85. The van der Waals surface area contributed by atoms with Crippen LogP contribution in [0.25, 0.3) is 0 Å². The number of amides is 1. The molecule has 3 fully saturated rings. The molecule has 0 saturated carbocycles. The molecule has 7 heteroatoms. The van der Waals surface area contributed by atoms with Crippen molar-refractivity contribution in [1.82, 2.24) is 15.1 Å². The lowest BCUT2D eigenvalue weighted by Crippen LogP contribution is -2.60. The van der Waals surface area contributed by atoms with Gasteiger partial charge in [0.2, 0.25) is 5.91 Å². The normalized spacial score (nSPS) is 30.7. The van der Waals surface area contributed by atoms with Crippen LogP contribution >= 0.6 is 24.8 Å². The standard InChI is InChI=1S/C13H23N3O2.2ClH/c17-13(12-10-18-8-4-14-12)16-7-6-15-5-2-1-3-11(15)9-16;;/h11-12,14H,1-10H2;2*1H. The first-order valence-corrected chi connectivity index (χ1v) is 7.18. The van der Waals surface area contributed by atoms with E-state index in [1.165, 1.54) is 25.8 Å². The summed E-state index contributed by atoms with van der Waals surface area (Å²) in [5.74, 6) is 0.236. The lowest BCUT2D eigenvalue weighted by molar-refractivity contribution is -0.139. The zero-order valence-electron chi connectivity index (χ0n) is 11.8. The topological polar surface area (TPSA) is 44.8 Å². The maximum absolute atomic E-state index is 12.4. The van der Waals surface area contributed by atoms with Crippen LogP contribution in [0.3, 0.4) is 0 Å². The van der Waals surface area contributed by atoms with E-state index in [1.807, 2.05) is 4.90 Å². The van der Waals surface area contributed by atoms with E-state index < -0.39 is 0 Å². The molecule has 3 saturated heterocycles. The molecule has 2 unspecified atom stereocenters. The summed E-state index contributed by atoms with van der Waals surface area (Å²) in [6.07, 6.45) is 3.88. The van der Waals surface area contributed by atoms with E-state index >= 15 is 0 Å². The van der Waals surface area contributed by atoms with Gasteiger partial charge >= 0.3 is 0 Å². The number of piperazine rings is 1. The number of rotatable bonds is 1. The van der Waals surface area contributed by atoms with Crippen molar-refractivity contribution in [2.75, 3.05) is 45.9 Å². The lowest BCUT2D eigenvalue weighted by atomic mass is 9.99. The third-order valence-electron chi connectivity index (χ3n) is 4.37. The molecule has 0 aromatic rings. The minimum atomic E-state index is -0.117. The predicted molar refractivity (Wildman–Crippen MR) is 82.9 cm³/mol. The average Bonchev–Trinajstić information content (AvgIpc) is 2.47. The highest BCUT2D eigenvalue weighted by Gasteiger charge is 2.34. The van der Waals surface area contributed by atoms with Crippen LogP contribution in [0.4, 0.5) is 0 Å². The number of nitrogens with zero attached hydrogens (tertiary/aromatic N) is 2. The Morgan fingerprint density at radius 1 is 1.15 bits per heavy atom. The van der Waals surface area contributed by atoms with Gasteiger partial charge in [0.1, 0.15) is 6.04 Å². The molecule has 0 spiro atoms. The zero-order valence-corrected chi connectivity index (χ0v) is 13.4. The van der Waals surface area contributed by atoms with Crippen molar-refractivity contribution in [3.8, 4) is 0 Å². The predicted octanol–water partition coefficient (Wildman–Crippen LogP) is 0.515. The van der Waals surface area contributed by atoms with Crippen molar-refractivity contribution in [1.29, 1.82) is 0 Å². The Hall–Kier alpha value is -0.0700. The minimum Gasteiger partial charge on any atom is -0.378 e. The Kier molecular flexibility index (Phi) is 7.54. The van der Waals surface area contributed by atoms with E-state index in [4.69, 9.17) is 4.74 Å². The zero-order chi connectivity index (χ0) is 12.4. The average molecular weight is 326 g/mol. The summed E-state index contributed by atoms with van der Waals surface area (Å²) in [6.45, 7) is 6.11. The summed E-state index contributed by atoms with van der Waals surface area (Å²) >= 11 is 0. The largest absolute Gasteiger partial charge is 0.378 e. The summed E-state index contributed by atoms with van der Waals surface area (Å²) in [5.41, 5.74) is 0. The summed E-state index contributed by atoms with van der Waals surface area (Å²) < 4.78 is 5.38. The van der Waals surface area contributed by atoms with Crippen molar-refractivity contribution in [3.05, 3.63) is 0 Å². The first kappa shape index (κ1) is 18.0. The molecule has 0 bridgehead atoms. The smallest absolute Gasteiger partial charge is 0.242 e. The lowest BCUT2D eigenvalue weighted by Gasteiger charge is -2.45. The van der Waals surface area contributed by atoms with Crippen molar-refractivity contribution < 1.29 is 9.53 Å². The van der Waals surface area contributed by atoms with Gasteiger partial charge in [-0.05, 0) is 19.4 Å². The number of hydrogen-bond acceptors (Lipinski definition) is 4. The van der Waals surface area contributed by atoms with Gasteiger partial charge in [0.25, 0.3) is 0 Å². The SMILES string of the molecule is Cl.Cl.O=C(C1COCCN1)N1CCN2CCCCC2C1. The molecular formula is C13H25Cl2N3O2. The number of fused-ring (bicyclic) bond motifs is 1. The molecule has 0 aliphatic carbocycles. The van der Waals surface area contributed by atoms with Crippen LogP contribution in [0.15, 0.2) is 0 Å². The number of hydrogen-bond donors (Lipinski definition) is 1. The first-order chi connectivity index (χ1) is 8.84. The van der Waals surface area contributed by atoms with Gasteiger partial charge in [-0.3, -0.25) is 9.69 Å². The molecule has 0 aromatic carbocycles. The monoisotopic (exact) mass is 325 g/mol. The molecule has 2 atom stereocenters. The maximum Gasteiger partial charge on any atom is 0.242 e. The molecule has 3 rings (SSSR count). The number of halogens is 2. The van der Waals surface area contributed by atoms with E-state index in [0.29, 0.717) is 12.6 Å². The van der Waals surface area contributed by atoms with Crippen molar-refractivity contribution in [3.63, 3.8) is 0 Å². The summed E-state index contributed by atoms with van der Waals surface area (Å²) in [7, 11) is 0. The Morgan fingerprint density at radius 2 is 2.00 bits per heavy atom. The molecule has 0 radical (unpaired) electrons. The number of piperidine rings is 1. The van der Waals surface area contributed by atoms with Gasteiger partial charge in [-0.2, -0.15) is 0 Å². The van der Waals surface area contributed by atoms with E-state index in [9.17, 15) is 4.79 Å². The van der Waals surface area contributed by atoms with E-state index in [0.717, 1.165) is 32.8 Å². The third kappa shape index (κ3) is 3.98. The van der Waals surface area contributed by atoms with Crippen molar-refractivity contribution in [2.45, 2.75) is 31.3 Å². The molecule has 1 N–H and O–H groups in total. The molecule has 20 heavy (non-hydrogen) atoms. The van der Waals surface area contributed by atoms with E-state index in [1.54, 1.807) is 0 Å². The minimum absolute atomic E-state index is 0. The number of carbonyl (C=O) groups excluding carboxylic acids is 1. The molecule has 1 amide bonds. The second-order valence-electron chi connectivity index (χ2n) is 5.55. The van der Waals surface area contributed by atoms with E-state index in [-0.39, 0.29) is 36.8 Å². The first-order valence-electron chi connectivity index (χ1n) is 7.18. The van der Waals surface area contributed by atoms with Gasteiger partial charge in [0, 0.05) is 32.2 Å². The quantitative estimate of drug-likeness (QED) is 0.763. The van der Waals surface area contributed by atoms with Crippen molar-refractivity contribution in [2.24, 2.45) is 0 Å². The number of ether oxygens (including phenoxy) is 1. The Balaban J connectivity index is 0.000001000. The van der Waals surface area contributed by atoms with Gasteiger partial charge in [-0.15, -0.1) is 24.8 Å². The fraction of sp³-hybridized carbons (Fsp3) is 0.923. The molecular weight excluding hydrogens is 301 g/mol. The Morgan fingerprint density at radius 3 is 2.75 bits per heavy atom.